The van der Waals surface area contributed by atoms with Gasteiger partial charge < -0.3 is 14.2 Å². The number of piperazine rings is 1. The summed E-state index contributed by atoms with van der Waals surface area (Å²) in [7, 11) is 0. The first-order valence-electron chi connectivity index (χ1n) is 10.2. The molecule has 0 spiro atoms. The molecule has 4 rings (SSSR count). The Kier molecular flexibility index (Phi) is 6.98. The van der Waals surface area contributed by atoms with Crippen LogP contribution >= 0.6 is 23.2 Å². The van der Waals surface area contributed by atoms with Crippen molar-refractivity contribution in [2.75, 3.05) is 26.2 Å². The van der Waals surface area contributed by atoms with Gasteiger partial charge in [-0.15, -0.1) is 0 Å². The van der Waals surface area contributed by atoms with Gasteiger partial charge in [0.25, 0.3) is 5.91 Å². The van der Waals surface area contributed by atoms with Crippen molar-refractivity contribution in [3.05, 3.63) is 80.9 Å². The largest absolute Gasteiger partial charge is 0.489 e. The maximum atomic E-state index is 13.1. The normalized spacial score (nSPS) is 14.6. The summed E-state index contributed by atoms with van der Waals surface area (Å²) in [5, 5.41) is 5.22. The Morgan fingerprint density at radius 1 is 1.12 bits per heavy atom. The fourth-order valence-electron chi connectivity index (χ4n) is 3.57. The van der Waals surface area contributed by atoms with Crippen molar-refractivity contribution in [1.29, 1.82) is 0 Å². The van der Waals surface area contributed by atoms with Gasteiger partial charge in [0, 0.05) is 42.8 Å². The molecule has 0 unspecified atom stereocenters. The smallest absolute Gasteiger partial charge is 0.276 e. The Labute approximate surface area is 195 Å². The molecule has 0 radical (unpaired) electrons. The third-order valence-corrected chi connectivity index (χ3v) is 6.04. The Hall–Kier alpha value is -2.61. The molecule has 0 N–H and O–H groups in total. The zero-order valence-electron chi connectivity index (χ0n) is 17.5. The van der Waals surface area contributed by atoms with Crippen LogP contribution in [0.1, 0.15) is 27.4 Å². The second-order valence-corrected chi connectivity index (χ2v) is 8.46. The second kappa shape index (κ2) is 9.90. The van der Waals surface area contributed by atoms with Gasteiger partial charge in [0.15, 0.2) is 5.69 Å². The van der Waals surface area contributed by atoms with Crippen molar-refractivity contribution in [1.82, 2.24) is 15.0 Å². The molecule has 1 amide bonds. The number of aryl methyl sites for hydroxylation is 1. The highest BCUT2D eigenvalue weighted by atomic mass is 35.5. The predicted octanol–water partition coefficient (Wildman–Crippen LogP) is 4.97. The first-order chi connectivity index (χ1) is 15.4. The van der Waals surface area contributed by atoms with E-state index in [2.05, 4.69) is 10.1 Å². The first kappa shape index (κ1) is 22.6. The number of halogens is 3. The molecule has 2 heterocycles. The minimum atomic E-state index is -0.341. The average molecular weight is 478 g/mol. The quantitative estimate of drug-likeness (QED) is 0.501. The summed E-state index contributed by atoms with van der Waals surface area (Å²) in [4.78, 5) is 17.1. The van der Waals surface area contributed by atoms with E-state index >= 15 is 0 Å². The lowest BCUT2D eigenvalue weighted by Crippen LogP contribution is -2.48. The molecule has 1 saturated heterocycles. The summed E-state index contributed by atoms with van der Waals surface area (Å²) < 4.78 is 24.0. The van der Waals surface area contributed by atoms with Gasteiger partial charge in [0.2, 0.25) is 0 Å². The summed E-state index contributed by atoms with van der Waals surface area (Å²) in [5.41, 5.74) is 1.84. The van der Waals surface area contributed by atoms with Gasteiger partial charge in [0.05, 0.1) is 5.56 Å². The lowest BCUT2D eigenvalue weighted by atomic mass is 10.1. The van der Waals surface area contributed by atoms with Gasteiger partial charge >= 0.3 is 0 Å². The van der Waals surface area contributed by atoms with Crippen LogP contribution in [0.2, 0.25) is 10.0 Å². The van der Waals surface area contributed by atoms with Crippen LogP contribution in [0.4, 0.5) is 4.39 Å². The van der Waals surface area contributed by atoms with Crippen LogP contribution < -0.4 is 4.74 Å². The van der Waals surface area contributed by atoms with E-state index in [9.17, 15) is 9.18 Å². The summed E-state index contributed by atoms with van der Waals surface area (Å²) in [6.45, 7) is 5.09. The maximum absolute atomic E-state index is 13.1. The Morgan fingerprint density at radius 3 is 2.53 bits per heavy atom. The Bertz CT molecular complexity index is 1100. The molecule has 0 bridgehead atoms. The third-order valence-electron chi connectivity index (χ3n) is 5.45. The van der Waals surface area contributed by atoms with Crippen molar-refractivity contribution in [2.24, 2.45) is 0 Å². The van der Waals surface area contributed by atoms with Crippen LogP contribution in [0, 0.1) is 12.7 Å². The average Bonchev–Trinajstić information content (AvgIpc) is 3.15. The first-order valence-corrected chi connectivity index (χ1v) is 11.0. The molecule has 9 heteroatoms. The minimum Gasteiger partial charge on any atom is -0.489 e. The van der Waals surface area contributed by atoms with Crippen LogP contribution in [-0.2, 0) is 13.2 Å². The van der Waals surface area contributed by atoms with Gasteiger partial charge in [-0.2, -0.15) is 0 Å². The molecule has 2 aromatic carbocycles. The molecule has 0 saturated carbocycles. The highest BCUT2D eigenvalue weighted by molar-refractivity contribution is 6.35. The highest BCUT2D eigenvalue weighted by Crippen LogP contribution is 2.24. The van der Waals surface area contributed by atoms with E-state index in [1.807, 2.05) is 12.1 Å². The van der Waals surface area contributed by atoms with E-state index in [-0.39, 0.29) is 24.0 Å². The molecule has 0 aliphatic carbocycles. The number of amides is 1. The monoisotopic (exact) mass is 477 g/mol. The molecule has 32 heavy (non-hydrogen) atoms. The van der Waals surface area contributed by atoms with Crippen LogP contribution in [-0.4, -0.2) is 47.0 Å². The molecule has 1 aromatic heterocycles. The van der Waals surface area contributed by atoms with Crippen molar-refractivity contribution in [3.8, 4) is 5.75 Å². The predicted molar refractivity (Wildman–Crippen MR) is 120 cm³/mol. The molecular weight excluding hydrogens is 456 g/mol. The van der Waals surface area contributed by atoms with Gasteiger partial charge in [-0.25, -0.2) is 4.39 Å². The second-order valence-electron chi connectivity index (χ2n) is 7.61. The zero-order valence-corrected chi connectivity index (χ0v) is 19.0. The number of carbonyl (C=O) groups excluding carboxylic acids is 1. The van der Waals surface area contributed by atoms with E-state index in [0.717, 1.165) is 5.56 Å². The molecule has 1 aliphatic rings. The van der Waals surface area contributed by atoms with Gasteiger partial charge in [-0.1, -0.05) is 34.4 Å². The topological polar surface area (TPSA) is 58.8 Å². The van der Waals surface area contributed by atoms with Crippen LogP contribution in [0.25, 0.3) is 0 Å². The van der Waals surface area contributed by atoms with Crippen molar-refractivity contribution < 1.29 is 18.4 Å². The fourth-order valence-corrected chi connectivity index (χ4v) is 4.03. The van der Waals surface area contributed by atoms with Gasteiger partial charge in [-0.3, -0.25) is 9.69 Å². The Morgan fingerprint density at radius 2 is 1.84 bits per heavy atom. The molecule has 168 valence electrons. The number of ether oxygens (including phenoxy) is 1. The third kappa shape index (κ3) is 5.23. The number of hydrogen-bond acceptors (Lipinski definition) is 5. The van der Waals surface area contributed by atoms with Gasteiger partial charge in [0.1, 0.15) is 23.9 Å². The van der Waals surface area contributed by atoms with Crippen LogP contribution in [0.3, 0.4) is 0 Å². The van der Waals surface area contributed by atoms with Crippen molar-refractivity contribution >= 4 is 29.1 Å². The SMILES string of the molecule is Cc1onc(C(=O)N2CCN(Cc3ccc(Cl)cc3Cl)CC2)c1COc1ccc(F)cc1. The van der Waals surface area contributed by atoms with E-state index in [4.69, 9.17) is 32.5 Å². The van der Waals surface area contributed by atoms with Crippen molar-refractivity contribution in [3.63, 3.8) is 0 Å². The fraction of sp³-hybridized carbons (Fsp3) is 0.304. The number of benzene rings is 2. The van der Waals surface area contributed by atoms with Crippen LogP contribution in [0.5, 0.6) is 5.75 Å². The Balaban J connectivity index is 1.36. The summed E-state index contributed by atoms with van der Waals surface area (Å²) in [5.74, 6) is 0.488. The minimum absolute atomic E-state index is 0.108. The summed E-state index contributed by atoms with van der Waals surface area (Å²) in [6, 6.07) is 11.2. The standard InChI is InChI=1S/C23H22Cl2FN3O3/c1-15-20(14-31-19-6-4-18(26)5-7-19)22(27-32-15)23(30)29-10-8-28(9-11-29)13-16-2-3-17(24)12-21(16)25/h2-7,12H,8-11,13-14H2,1H3. The number of rotatable bonds is 6. The molecule has 6 nitrogen and oxygen atoms in total. The zero-order chi connectivity index (χ0) is 22.7. The summed E-state index contributed by atoms with van der Waals surface area (Å²) >= 11 is 12.3. The van der Waals surface area contributed by atoms with Gasteiger partial charge in [-0.05, 0) is 48.9 Å². The molecule has 1 fully saturated rings. The van der Waals surface area contributed by atoms with E-state index in [1.54, 1.807) is 17.9 Å². The maximum Gasteiger partial charge on any atom is 0.276 e. The van der Waals surface area contributed by atoms with E-state index < -0.39 is 0 Å². The van der Waals surface area contributed by atoms with E-state index in [0.29, 0.717) is 59.8 Å². The highest BCUT2D eigenvalue weighted by Gasteiger charge is 2.28. The van der Waals surface area contributed by atoms with E-state index in [1.165, 1.54) is 24.3 Å². The number of carbonyl (C=O) groups is 1. The van der Waals surface area contributed by atoms with Crippen molar-refractivity contribution in [2.45, 2.75) is 20.1 Å². The molecule has 0 atom stereocenters. The molecule has 1 aliphatic heterocycles. The molecular formula is C23H22Cl2FN3O3. The number of hydrogen-bond donors (Lipinski definition) is 0. The van der Waals surface area contributed by atoms with Crippen LogP contribution in [0.15, 0.2) is 47.0 Å². The summed E-state index contributed by atoms with van der Waals surface area (Å²) in [6.07, 6.45) is 0. The lowest BCUT2D eigenvalue weighted by molar-refractivity contribution is 0.0616. The number of aromatic nitrogens is 1. The lowest BCUT2D eigenvalue weighted by Gasteiger charge is -2.34. The number of nitrogens with zero attached hydrogens (tertiary/aromatic N) is 3. The molecule has 3 aromatic rings.